The monoisotopic (exact) mass is 502 g/mol. The minimum absolute atomic E-state index is 0.00658. The zero-order valence-electron chi connectivity index (χ0n) is 24.3. The molecular formula is C32H54O4. The third kappa shape index (κ3) is 2.87. The molecule has 2 N–H and O–H groups in total. The second-order valence-corrected chi connectivity index (χ2v) is 15.7. The largest absolute Gasteiger partial charge is 0.393 e. The van der Waals surface area contributed by atoms with Crippen LogP contribution < -0.4 is 0 Å². The van der Waals surface area contributed by atoms with E-state index in [1.165, 1.54) is 38.5 Å². The quantitative estimate of drug-likeness (QED) is 0.479. The highest BCUT2D eigenvalue weighted by Crippen LogP contribution is 2.89. The summed E-state index contributed by atoms with van der Waals surface area (Å²) in [6, 6.07) is 0. The molecule has 4 heteroatoms. The summed E-state index contributed by atoms with van der Waals surface area (Å²) in [7, 11) is 0. The predicted octanol–water partition coefficient (Wildman–Crippen LogP) is 6.22. The maximum atomic E-state index is 12.3. The molecule has 1 heterocycles. The fourth-order valence-corrected chi connectivity index (χ4v) is 12.5. The summed E-state index contributed by atoms with van der Waals surface area (Å²) in [4.78, 5) is 0. The molecule has 0 radical (unpaired) electrons. The van der Waals surface area contributed by atoms with Crippen LogP contribution in [0.2, 0.25) is 0 Å². The van der Waals surface area contributed by atoms with Crippen molar-refractivity contribution in [2.24, 2.45) is 56.7 Å². The van der Waals surface area contributed by atoms with E-state index in [0.717, 1.165) is 12.8 Å². The van der Waals surface area contributed by atoms with Crippen LogP contribution in [-0.4, -0.2) is 47.3 Å². The summed E-state index contributed by atoms with van der Waals surface area (Å²) in [6.45, 7) is 19.4. The molecule has 4 nitrogen and oxygen atoms in total. The Morgan fingerprint density at radius 3 is 2.28 bits per heavy atom. The maximum Gasteiger partial charge on any atom is 0.0880 e. The van der Waals surface area contributed by atoms with Crippen molar-refractivity contribution in [2.45, 2.75) is 137 Å². The average molecular weight is 503 g/mol. The molecule has 5 aliphatic carbocycles. The van der Waals surface area contributed by atoms with Gasteiger partial charge in [-0.3, -0.25) is 0 Å². The van der Waals surface area contributed by atoms with Crippen LogP contribution in [0.25, 0.3) is 0 Å². The van der Waals surface area contributed by atoms with E-state index in [4.69, 9.17) is 9.47 Å². The van der Waals surface area contributed by atoms with Gasteiger partial charge in [0.25, 0.3) is 0 Å². The Bertz CT molecular complexity index is 885. The first-order valence-electron chi connectivity index (χ1n) is 15.4. The van der Waals surface area contributed by atoms with E-state index in [2.05, 4.69) is 55.4 Å². The van der Waals surface area contributed by atoms with Crippen molar-refractivity contribution in [2.75, 3.05) is 6.61 Å². The molecule has 6 aliphatic rings. The lowest BCUT2D eigenvalue weighted by Gasteiger charge is -2.63. The summed E-state index contributed by atoms with van der Waals surface area (Å²) in [6.07, 6.45) is 8.96. The lowest BCUT2D eigenvalue weighted by atomic mass is 9.41. The van der Waals surface area contributed by atoms with Gasteiger partial charge in [0.15, 0.2) is 0 Å². The van der Waals surface area contributed by atoms with E-state index in [9.17, 15) is 10.2 Å². The number of aliphatic hydroxyl groups excluding tert-OH is 2. The molecule has 8 unspecified atom stereocenters. The SMILES string of the molecule is CCOC(C(C)C)C1C[C@@H](C)[C@H]2C(O1)[C@H](O)[C@@]1(C)C3CC[C@H]4C(C)(C)C(O)CCC45CC35CCC21C. The molecule has 0 aromatic rings. The van der Waals surface area contributed by atoms with Crippen LogP contribution in [-0.2, 0) is 9.47 Å². The summed E-state index contributed by atoms with van der Waals surface area (Å²) in [5, 5.41) is 23.3. The van der Waals surface area contributed by atoms with Crippen molar-refractivity contribution in [3.63, 3.8) is 0 Å². The average Bonchev–Trinajstić information content (AvgIpc) is 3.45. The van der Waals surface area contributed by atoms with Crippen LogP contribution in [0.15, 0.2) is 0 Å². The van der Waals surface area contributed by atoms with E-state index in [1.54, 1.807) is 0 Å². The van der Waals surface area contributed by atoms with Gasteiger partial charge in [-0.25, -0.2) is 0 Å². The van der Waals surface area contributed by atoms with E-state index in [-0.39, 0.29) is 40.7 Å². The van der Waals surface area contributed by atoms with Gasteiger partial charge in [0, 0.05) is 12.0 Å². The second kappa shape index (κ2) is 7.95. The van der Waals surface area contributed by atoms with E-state index in [0.29, 0.717) is 47.0 Å². The molecule has 206 valence electrons. The summed E-state index contributed by atoms with van der Waals surface area (Å²) >= 11 is 0. The first-order valence-corrected chi connectivity index (χ1v) is 15.4. The highest BCUT2D eigenvalue weighted by atomic mass is 16.6. The van der Waals surface area contributed by atoms with E-state index >= 15 is 0 Å². The molecule has 0 aromatic carbocycles. The van der Waals surface area contributed by atoms with Crippen LogP contribution in [0.5, 0.6) is 0 Å². The van der Waals surface area contributed by atoms with Crippen LogP contribution >= 0.6 is 0 Å². The van der Waals surface area contributed by atoms with Crippen molar-refractivity contribution in [3.8, 4) is 0 Å². The number of aliphatic hydroxyl groups is 2. The second-order valence-electron chi connectivity index (χ2n) is 15.7. The van der Waals surface area contributed by atoms with E-state index < -0.39 is 6.10 Å². The third-order valence-electron chi connectivity index (χ3n) is 14.2. The smallest absolute Gasteiger partial charge is 0.0880 e. The van der Waals surface area contributed by atoms with Gasteiger partial charge in [0.05, 0.1) is 30.5 Å². The highest BCUT2D eigenvalue weighted by molar-refractivity contribution is 5.32. The van der Waals surface area contributed by atoms with Gasteiger partial charge in [-0.15, -0.1) is 0 Å². The molecule has 1 aliphatic heterocycles. The van der Waals surface area contributed by atoms with Crippen LogP contribution in [0.4, 0.5) is 0 Å². The zero-order valence-corrected chi connectivity index (χ0v) is 24.3. The molecule has 5 saturated carbocycles. The van der Waals surface area contributed by atoms with Crippen molar-refractivity contribution in [3.05, 3.63) is 0 Å². The standard InChI is InChI=1S/C32H54O4/c1-9-35-25(18(2)3)20-16-19(4)24-26(36-20)27(34)30(8)22-11-10-21-28(5,6)23(33)12-13-31(21)17-32(22,31)15-14-29(24,30)7/h18-27,33-34H,9-17H2,1-8H3/t19-,20?,21+,22?,23?,24+,25?,26?,27+,29?,30-,31?,32?/m1/s1. The maximum absolute atomic E-state index is 12.3. The molecule has 6 fully saturated rings. The van der Waals surface area contributed by atoms with Gasteiger partial charge >= 0.3 is 0 Å². The van der Waals surface area contributed by atoms with Gasteiger partial charge in [0.2, 0.25) is 0 Å². The Morgan fingerprint density at radius 1 is 0.944 bits per heavy atom. The summed E-state index contributed by atoms with van der Waals surface area (Å²) in [5.74, 6) is 2.53. The normalized spacial score (nSPS) is 57.8. The van der Waals surface area contributed by atoms with Gasteiger partial charge < -0.3 is 19.7 Å². The molecule has 2 spiro atoms. The zero-order chi connectivity index (χ0) is 26.1. The molecule has 0 bridgehead atoms. The van der Waals surface area contributed by atoms with Crippen molar-refractivity contribution < 1.29 is 19.7 Å². The number of fused-ring (bicyclic) bond motifs is 4. The summed E-state index contributed by atoms with van der Waals surface area (Å²) in [5.41, 5.74) is 0.758. The van der Waals surface area contributed by atoms with Gasteiger partial charge in [0.1, 0.15) is 0 Å². The van der Waals surface area contributed by atoms with Crippen molar-refractivity contribution in [1.29, 1.82) is 0 Å². The lowest BCUT2D eigenvalue weighted by Crippen LogP contribution is -2.59. The van der Waals surface area contributed by atoms with Crippen LogP contribution in [0, 0.1) is 56.7 Å². The van der Waals surface area contributed by atoms with Gasteiger partial charge in [-0.05, 0) is 110 Å². The lowest BCUT2D eigenvalue weighted by molar-refractivity contribution is -0.190. The first-order chi connectivity index (χ1) is 16.8. The van der Waals surface area contributed by atoms with Gasteiger partial charge in [-0.2, -0.15) is 0 Å². The summed E-state index contributed by atoms with van der Waals surface area (Å²) < 4.78 is 13.2. The molecule has 13 atom stereocenters. The Balaban J connectivity index is 1.35. The molecule has 0 amide bonds. The number of hydrogen-bond donors (Lipinski definition) is 2. The number of ether oxygens (including phenoxy) is 2. The Hall–Kier alpha value is -0.160. The Morgan fingerprint density at radius 2 is 1.61 bits per heavy atom. The van der Waals surface area contributed by atoms with Crippen molar-refractivity contribution >= 4 is 0 Å². The fourth-order valence-electron chi connectivity index (χ4n) is 12.5. The minimum Gasteiger partial charge on any atom is -0.393 e. The number of hydrogen-bond acceptors (Lipinski definition) is 4. The van der Waals surface area contributed by atoms with Gasteiger partial charge in [-0.1, -0.05) is 48.5 Å². The minimum atomic E-state index is -0.411. The first kappa shape index (κ1) is 26.1. The molecular weight excluding hydrogens is 448 g/mol. The van der Waals surface area contributed by atoms with Crippen LogP contribution in [0.1, 0.15) is 107 Å². The molecule has 0 aromatic heterocycles. The number of rotatable bonds is 4. The Labute approximate surface area is 220 Å². The fraction of sp³-hybridized carbons (Fsp3) is 1.00. The molecule has 36 heavy (non-hydrogen) atoms. The van der Waals surface area contributed by atoms with Crippen molar-refractivity contribution in [1.82, 2.24) is 0 Å². The Kier molecular flexibility index (Phi) is 5.76. The van der Waals surface area contributed by atoms with E-state index in [1.807, 2.05) is 0 Å². The molecule has 6 rings (SSSR count). The van der Waals surface area contributed by atoms with Crippen LogP contribution in [0.3, 0.4) is 0 Å². The highest BCUT2D eigenvalue weighted by Gasteiger charge is 2.84. The third-order valence-corrected chi connectivity index (χ3v) is 14.2. The predicted molar refractivity (Wildman–Crippen MR) is 142 cm³/mol. The molecule has 1 saturated heterocycles. The topological polar surface area (TPSA) is 58.9 Å².